The Morgan fingerprint density at radius 3 is 2.97 bits per heavy atom. The van der Waals surface area contributed by atoms with Crippen LogP contribution in [0.15, 0.2) is 35.7 Å². The van der Waals surface area contributed by atoms with Gasteiger partial charge in [-0.25, -0.2) is 9.97 Å². The molecule has 31 heavy (non-hydrogen) atoms. The number of nitrogens with one attached hydrogen (secondary N) is 2. The average Bonchev–Trinajstić information content (AvgIpc) is 3.31. The van der Waals surface area contributed by atoms with Crippen LogP contribution < -0.4 is 5.43 Å². The van der Waals surface area contributed by atoms with E-state index in [0.29, 0.717) is 11.3 Å². The zero-order valence-corrected chi connectivity index (χ0v) is 19.4. The molecule has 1 aromatic carbocycles. The van der Waals surface area contributed by atoms with Gasteiger partial charge >= 0.3 is 0 Å². The second-order valence-electron chi connectivity index (χ2n) is 9.27. The minimum absolute atomic E-state index is 0.347. The van der Waals surface area contributed by atoms with Crippen LogP contribution in [0, 0.1) is 18.3 Å². The van der Waals surface area contributed by atoms with E-state index in [9.17, 15) is 0 Å². The molecule has 0 saturated heterocycles. The molecule has 0 amide bonds. The van der Waals surface area contributed by atoms with Crippen molar-refractivity contribution in [2.24, 2.45) is 16.4 Å². The van der Waals surface area contributed by atoms with E-state index in [-0.39, 0.29) is 0 Å². The summed E-state index contributed by atoms with van der Waals surface area (Å²) in [7, 11) is 0. The molecule has 3 heterocycles. The molecular formula is C25H29N5S. The number of hydrogen-bond acceptors (Lipinski definition) is 5. The number of nitrogens with zero attached hydrogens (tertiary/aromatic N) is 3. The summed E-state index contributed by atoms with van der Waals surface area (Å²) < 4.78 is 0. The first-order chi connectivity index (χ1) is 15.0. The number of hydrogen-bond donors (Lipinski definition) is 2. The van der Waals surface area contributed by atoms with Crippen LogP contribution in [-0.2, 0) is 12.8 Å². The predicted octanol–water partition coefficient (Wildman–Crippen LogP) is 6.47. The van der Waals surface area contributed by atoms with Crippen molar-refractivity contribution in [3.05, 3.63) is 52.3 Å². The molecule has 2 N–H and O–H groups in total. The number of thiophene rings is 1. The number of para-hydroxylation sites is 1. The van der Waals surface area contributed by atoms with Gasteiger partial charge in [0, 0.05) is 27.0 Å². The lowest BCUT2D eigenvalue weighted by atomic mass is 9.69. The first-order valence-electron chi connectivity index (χ1n) is 11.1. The van der Waals surface area contributed by atoms with Gasteiger partial charge in [-0.05, 0) is 49.1 Å². The summed E-state index contributed by atoms with van der Waals surface area (Å²) in [6.45, 7) is 9.19. The van der Waals surface area contributed by atoms with Crippen molar-refractivity contribution in [2.45, 2.75) is 53.4 Å². The van der Waals surface area contributed by atoms with E-state index >= 15 is 0 Å². The Labute approximate surface area is 187 Å². The minimum atomic E-state index is 0.347. The molecule has 3 aromatic heterocycles. The van der Waals surface area contributed by atoms with E-state index in [2.05, 4.69) is 71.4 Å². The highest BCUT2D eigenvalue weighted by Gasteiger charge is 2.33. The van der Waals surface area contributed by atoms with Crippen LogP contribution in [0.25, 0.3) is 21.1 Å². The van der Waals surface area contributed by atoms with Crippen LogP contribution in [0.1, 0.15) is 55.3 Å². The quantitative estimate of drug-likeness (QED) is 0.281. The smallest absolute Gasteiger partial charge is 0.158 e. The minimum Gasteiger partial charge on any atom is -0.358 e. The fraction of sp³-hybridized carbons (Fsp3) is 0.400. The number of aromatic amines is 1. The van der Waals surface area contributed by atoms with Crippen LogP contribution >= 0.6 is 11.3 Å². The zero-order valence-electron chi connectivity index (χ0n) is 18.6. The van der Waals surface area contributed by atoms with Crippen molar-refractivity contribution >= 4 is 44.5 Å². The molecule has 5 rings (SSSR count). The van der Waals surface area contributed by atoms with Gasteiger partial charge in [-0.3, -0.25) is 5.43 Å². The van der Waals surface area contributed by atoms with Crippen molar-refractivity contribution in [3.8, 4) is 0 Å². The summed E-state index contributed by atoms with van der Waals surface area (Å²) in [5.41, 5.74) is 8.35. The standard InChI is InChI=1S/C25H29N5S/c1-5-25(3,4)16-10-11-21-18(12-16)22-23(26-14-27-24(22)31-21)30-28-13-19-15(2)29-20-9-7-6-8-17(19)20/h6-9,13-14,16,29H,5,10-12H2,1-4H3,(H,26,27,30)/b28-13-/t16-/m0/s1. The number of aromatic nitrogens is 3. The van der Waals surface area contributed by atoms with Crippen LogP contribution in [0.2, 0.25) is 0 Å². The summed E-state index contributed by atoms with van der Waals surface area (Å²) in [5.74, 6) is 1.50. The van der Waals surface area contributed by atoms with Crippen LogP contribution in [0.4, 0.5) is 5.82 Å². The third-order valence-electron chi connectivity index (χ3n) is 7.17. The van der Waals surface area contributed by atoms with Gasteiger partial charge in [0.25, 0.3) is 0 Å². The maximum atomic E-state index is 4.58. The van der Waals surface area contributed by atoms with Gasteiger partial charge in [0.2, 0.25) is 0 Å². The highest BCUT2D eigenvalue weighted by molar-refractivity contribution is 7.19. The average molecular weight is 432 g/mol. The molecule has 0 aliphatic heterocycles. The van der Waals surface area contributed by atoms with Gasteiger partial charge in [-0.2, -0.15) is 5.10 Å². The van der Waals surface area contributed by atoms with Crippen molar-refractivity contribution in [1.29, 1.82) is 0 Å². The van der Waals surface area contributed by atoms with Gasteiger partial charge < -0.3 is 4.98 Å². The van der Waals surface area contributed by atoms with Crippen LogP contribution in [0.5, 0.6) is 0 Å². The van der Waals surface area contributed by atoms with Crippen molar-refractivity contribution in [1.82, 2.24) is 15.0 Å². The van der Waals surface area contributed by atoms with E-state index in [4.69, 9.17) is 0 Å². The van der Waals surface area contributed by atoms with E-state index in [1.165, 1.54) is 28.7 Å². The molecule has 0 spiro atoms. The summed E-state index contributed by atoms with van der Waals surface area (Å²) in [6, 6.07) is 8.31. The zero-order chi connectivity index (χ0) is 21.6. The molecule has 6 heteroatoms. The maximum absolute atomic E-state index is 4.58. The molecule has 4 aromatic rings. The number of fused-ring (bicyclic) bond motifs is 4. The number of anilines is 1. The second-order valence-corrected chi connectivity index (χ2v) is 10.4. The van der Waals surface area contributed by atoms with E-state index < -0.39 is 0 Å². The number of H-pyrrole nitrogens is 1. The highest BCUT2D eigenvalue weighted by atomic mass is 32.1. The first kappa shape index (κ1) is 20.2. The van der Waals surface area contributed by atoms with E-state index in [0.717, 1.165) is 45.7 Å². The molecule has 0 saturated carbocycles. The molecule has 0 radical (unpaired) electrons. The molecule has 1 aliphatic carbocycles. The van der Waals surface area contributed by atoms with Gasteiger partial charge in [0.15, 0.2) is 5.82 Å². The summed E-state index contributed by atoms with van der Waals surface area (Å²) in [6.07, 6.45) is 8.24. The Morgan fingerprint density at radius 2 is 2.13 bits per heavy atom. The molecule has 0 fully saturated rings. The monoisotopic (exact) mass is 431 g/mol. The molecule has 0 unspecified atom stereocenters. The Bertz CT molecular complexity index is 1280. The number of rotatable bonds is 5. The van der Waals surface area contributed by atoms with E-state index in [1.807, 2.05) is 23.6 Å². The van der Waals surface area contributed by atoms with Crippen LogP contribution in [-0.4, -0.2) is 21.2 Å². The Hall–Kier alpha value is -2.73. The Morgan fingerprint density at radius 1 is 1.29 bits per heavy atom. The lowest BCUT2D eigenvalue weighted by molar-refractivity contribution is 0.184. The molecule has 0 bridgehead atoms. The third-order valence-corrected chi connectivity index (χ3v) is 8.36. The van der Waals surface area contributed by atoms with Crippen molar-refractivity contribution in [2.75, 3.05) is 5.43 Å². The molecule has 5 nitrogen and oxygen atoms in total. The fourth-order valence-corrected chi connectivity index (χ4v) is 5.95. The van der Waals surface area contributed by atoms with Crippen molar-refractivity contribution < 1.29 is 0 Å². The predicted molar refractivity (Wildman–Crippen MR) is 131 cm³/mol. The van der Waals surface area contributed by atoms with Crippen molar-refractivity contribution in [3.63, 3.8) is 0 Å². The van der Waals surface area contributed by atoms with Gasteiger partial charge in [0.1, 0.15) is 11.2 Å². The molecule has 1 aliphatic rings. The summed E-state index contributed by atoms with van der Waals surface area (Å²) in [4.78, 5) is 15.1. The third kappa shape index (κ3) is 3.53. The Balaban J connectivity index is 1.48. The molecular weight excluding hydrogens is 402 g/mol. The molecule has 160 valence electrons. The number of benzene rings is 1. The largest absolute Gasteiger partial charge is 0.358 e. The topological polar surface area (TPSA) is 66.0 Å². The summed E-state index contributed by atoms with van der Waals surface area (Å²) in [5, 5.41) is 6.91. The van der Waals surface area contributed by atoms with Crippen LogP contribution in [0.3, 0.4) is 0 Å². The lowest BCUT2D eigenvalue weighted by Gasteiger charge is -2.36. The van der Waals surface area contributed by atoms with E-state index in [1.54, 1.807) is 6.33 Å². The van der Waals surface area contributed by atoms with Gasteiger partial charge in [-0.15, -0.1) is 11.3 Å². The number of aryl methyl sites for hydroxylation is 2. The molecule has 1 atom stereocenters. The fourth-order valence-electron chi connectivity index (χ4n) is 4.77. The maximum Gasteiger partial charge on any atom is 0.158 e. The van der Waals surface area contributed by atoms with Gasteiger partial charge in [-0.1, -0.05) is 45.4 Å². The first-order valence-corrected chi connectivity index (χ1v) is 11.9. The Kier molecular flexibility index (Phi) is 5.05. The number of hydrazone groups is 1. The highest BCUT2D eigenvalue weighted by Crippen LogP contribution is 2.45. The summed E-state index contributed by atoms with van der Waals surface area (Å²) >= 11 is 1.82. The normalized spacial score (nSPS) is 17.0. The van der Waals surface area contributed by atoms with Gasteiger partial charge in [0.05, 0.1) is 11.6 Å². The SMILES string of the molecule is CCC(C)(C)[C@H]1CCc2sc3ncnc(N/N=C\c4c(C)[nH]c5ccccc45)c3c2C1. The lowest BCUT2D eigenvalue weighted by Crippen LogP contribution is -2.28. The second kappa shape index (κ2) is 7.75.